The zero-order valence-electron chi connectivity index (χ0n) is 6.64. The van der Waals surface area contributed by atoms with Crippen molar-refractivity contribution in [2.24, 2.45) is 5.73 Å². The molecule has 0 aliphatic rings. The van der Waals surface area contributed by atoms with Crippen molar-refractivity contribution in [3.05, 3.63) is 28.0 Å². The molecule has 0 bridgehead atoms. The molecule has 0 fully saturated rings. The summed E-state index contributed by atoms with van der Waals surface area (Å²) in [5, 5.41) is 18.5. The fourth-order valence-electron chi connectivity index (χ4n) is 0.839. The molecule has 0 unspecified atom stereocenters. The number of nitriles is 1. The molecule has 1 atom stereocenters. The minimum Gasteiger partial charge on any atom is -0.404 e. The number of nitrogens with zero attached hydrogens (tertiary/aromatic N) is 2. The molecule has 0 saturated carbocycles. The molecule has 1 rings (SSSR count). The zero-order chi connectivity index (χ0) is 9.84. The summed E-state index contributed by atoms with van der Waals surface area (Å²) in [7, 11) is 0. The van der Waals surface area contributed by atoms with Gasteiger partial charge in [0.2, 0.25) is 0 Å². The Labute approximate surface area is 73.7 Å². The average molecular weight is 181 g/mol. The molecule has 0 spiro atoms. The van der Waals surface area contributed by atoms with Gasteiger partial charge in [-0.2, -0.15) is 5.26 Å². The molecule has 0 saturated heterocycles. The van der Waals surface area contributed by atoms with Gasteiger partial charge in [0.1, 0.15) is 10.7 Å². The largest absolute Gasteiger partial charge is 0.433 e. The lowest BCUT2D eigenvalue weighted by atomic mass is 10.2. The molecule has 2 N–H and O–H groups in total. The molecular formula is C7H7N3O3. The summed E-state index contributed by atoms with van der Waals surface area (Å²) in [5.41, 5.74) is 5.48. The quantitative estimate of drug-likeness (QED) is 0.555. The first-order valence-corrected chi connectivity index (χ1v) is 3.52. The number of nitro groups is 1. The monoisotopic (exact) mass is 181 g/mol. The van der Waals surface area contributed by atoms with Gasteiger partial charge in [0.25, 0.3) is 0 Å². The van der Waals surface area contributed by atoms with Gasteiger partial charge < -0.3 is 10.2 Å². The first kappa shape index (κ1) is 9.22. The van der Waals surface area contributed by atoms with Crippen LogP contribution in [-0.2, 0) is 0 Å². The molecule has 1 aromatic heterocycles. The molecule has 0 aromatic carbocycles. The lowest BCUT2D eigenvalue weighted by Crippen LogP contribution is -2.07. The molecule has 6 heteroatoms. The number of nitrogens with two attached hydrogens (primary N) is 1. The minimum atomic E-state index is -0.650. The first-order valence-electron chi connectivity index (χ1n) is 3.52. The summed E-state index contributed by atoms with van der Waals surface area (Å²) in [5.74, 6) is -0.100. The van der Waals surface area contributed by atoms with E-state index in [-0.39, 0.29) is 18.1 Å². The highest BCUT2D eigenvalue weighted by Gasteiger charge is 2.16. The van der Waals surface area contributed by atoms with Crippen LogP contribution in [0.2, 0.25) is 0 Å². The van der Waals surface area contributed by atoms with Gasteiger partial charge in [0.05, 0.1) is 24.6 Å². The van der Waals surface area contributed by atoms with Crippen LogP contribution in [0.4, 0.5) is 5.88 Å². The Morgan fingerprint density at radius 2 is 2.46 bits per heavy atom. The third kappa shape index (κ3) is 2.04. The van der Waals surface area contributed by atoms with Crippen LogP contribution in [-0.4, -0.2) is 4.92 Å². The van der Waals surface area contributed by atoms with Crippen molar-refractivity contribution in [2.45, 2.75) is 12.5 Å². The lowest BCUT2D eigenvalue weighted by Gasteiger charge is -2.00. The second-order valence-electron chi connectivity index (χ2n) is 2.40. The van der Waals surface area contributed by atoms with E-state index in [1.807, 2.05) is 6.07 Å². The normalized spacial score (nSPS) is 12.0. The zero-order valence-corrected chi connectivity index (χ0v) is 6.64. The van der Waals surface area contributed by atoms with Gasteiger partial charge in [-0.05, 0) is 6.07 Å². The summed E-state index contributed by atoms with van der Waals surface area (Å²) >= 11 is 0. The Morgan fingerprint density at radius 1 is 1.77 bits per heavy atom. The van der Waals surface area contributed by atoms with Gasteiger partial charge in [-0.15, -0.1) is 0 Å². The van der Waals surface area contributed by atoms with Gasteiger partial charge in [0, 0.05) is 0 Å². The van der Waals surface area contributed by atoms with Gasteiger partial charge in [-0.1, -0.05) is 0 Å². The van der Waals surface area contributed by atoms with Crippen LogP contribution < -0.4 is 5.73 Å². The number of hydrogen-bond acceptors (Lipinski definition) is 5. The van der Waals surface area contributed by atoms with Crippen molar-refractivity contribution in [2.75, 3.05) is 0 Å². The number of rotatable bonds is 3. The van der Waals surface area contributed by atoms with Crippen molar-refractivity contribution in [1.82, 2.24) is 0 Å². The SMILES string of the molecule is N#CC[C@H](N)c1ccc([N+](=O)[O-])o1. The number of furan rings is 1. The van der Waals surface area contributed by atoms with E-state index in [0.717, 1.165) is 0 Å². The van der Waals surface area contributed by atoms with E-state index in [4.69, 9.17) is 15.4 Å². The highest BCUT2D eigenvalue weighted by Crippen LogP contribution is 2.21. The third-order valence-corrected chi connectivity index (χ3v) is 1.47. The molecule has 0 radical (unpaired) electrons. The summed E-state index contributed by atoms with van der Waals surface area (Å²) in [4.78, 5) is 9.55. The molecule has 13 heavy (non-hydrogen) atoms. The van der Waals surface area contributed by atoms with Crippen molar-refractivity contribution in [3.8, 4) is 6.07 Å². The van der Waals surface area contributed by atoms with Crippen LogP contribution in [0.25, 0.3) is 0 Å². The van der Waals surface area contributed by atoms with Crippen molar-refractivity contribution in [1.29, 1.82) is 5.26 Å². The maximum Gasteiger partial charge on any atom is 0.433 e. The van der Waals surface area contributed by atoms with Crippen LogP contribution >= 0.6 is 0 Å². The summed E-state index contributed by atoms with van der Waals surface area (Å²) < 4.78 is 4.78. The average Bonchev–Trinajstić information content (AvgIpc) is 2.52. The predicted octanol–water partition coefficient (Wildman–Crippen LogP) is 1.10. The minimum absolute atomic E-state index is 0.0741. The van der Waals surface area contributed by atoms with E-state index in [0.29, 0.717) is 0 Å². The molecule has 1 heterocycles. The van der Waals surface area contributed by atoms with Crippen LogP contribution in [0.3, 0.4) is 0 Å². The summed E-state index contributed by atoms with van der Waals surface area (Å²) in [6.07, 6.45) is 0.0741. The van der Waals surface area contributed by atoms with Gasteiger partial charge in [-0.25, -0.2) is 0 Å². The topological polar surface area (TPSA) is 106 Å². The third-order valence-electron chi connectivity index (χ3n) is 1.47. The van der Waals surface area contributed by atoms with E-state index in [9.17, 15) is 10.1 Å². The Bertz CT molecular complexity index is 352. The van der Waals surface area contributed by atoms with Gasteiger partial charge >= 0.3 is 5.88 Å². The smallest absolute Gasteiger partial charge is 0.404 e. The highest BCUT2D eigenvalue weighted by molar-refractivity contribution is 5.20. The molecule has 0 amide bonds. The molecule has 0 aliphatic heterocycles. The molecule has 0 aliphatic carbocycles. The Balaban J connectivity index is 2.80. The summed E-state index contributed by atoms with van der Waals surface area (Å²) in [6.45, 7) is 0. The Hall–Kier alpha value is -1.87. The second-order valence-corrected chi connectivity index (χ2v) is 2.40. The van der Waals surface area contributed by atoms with Gasteiger partial charge in [-0.3, -0.25) is 10.1 Å². The first-order chi connectivity index (χ1) is 6.15. The summed E-state index contributed by atoms with van der Waals surface area (Å²) in [6, 6.07) is 3.87. The molecule has 1 aromatic rings. The molecule has 68 valence electrons. The van der Waals surface area contributed by atoms with E-state index >= 15 is 0 Å². The second kappa shape index (κ2) is 3.69. The molecule has 6 nitrogen and oxygen atoms in total. The van der Waals surface area contributed by atoms with E-state index in [1.165, 1.54) is 12.1 Å². The van der Waals surface area contributed by atoms with Crippen LogP contribution in [0, 0.1) is 21.4 Å². The predicted molar refractivity (Wildman–Crippen MR) is 42.5 cm³/mol. The fourth-order valence-corrected chi connectivity index (χ4v) is 0.839. The Kier molecular flexibility index (Phi) is 2.62. The fraction of sp³-hybridized carbons (Fsp3) is 0.286. The van der Waals surface area contributed by atoms with Crippen molar-refractivity contribution >= 4 is 5.88 Å². The molecular weight excluding hydrogens is 174 g/mol. The van der Waals surface area contributed by atoms with Crippen LogP contribution in [0.5, 0.6) is 0 Å². The van der Waals surface area contributed by atoms with E-state index in [1.54, 1.807) is 0 Å². The highest BCUT2D eigenvalue weighted by atomic mass is 16.6. The van der Waals surface area contributed by atoms with Crippen LogP contribution in [0.1, 0.15) is 18.2 Å². The standard InChI is InChI=1S/C7H7N3O3/c8-4-3-5(9)6-1-2-7(13-6)10(11)12/h1-2,5H,3,9H2/t5-/m0/s1. The maximum absolute atomic E-state index is 10.2. The van der Waals surface area contributed by atoms with Crippen molar-refractivity contribution < 1.29 is 9.34 Å². The van der Waals surface area contributed by atoms with Crippen LogP contribution in [0.15, 0.2) is 16.5 Å². The maximum atomic E-state index is 10.2. The van der Waals surface area contributed by atoms with Gasteiger partial charge in [0.15, 0.2) is 0 Å². The lowest BCUT2D eigenvalue weighted by molar-refractivity contribution is -0.402. The van der Waals surface area contributed by atoms with Crippen molar-refractivity contribution in [3.63, 3.8) is 0 Å². The van der Waals surface area contributed by atoms with E-state index < -0.39 is 11.0 Å². The Morgan fingerprint density at radius 3 is 2.92 bits per heavy atom. The van der Waals surface area contributed by atoms with E-state index in [2.05, 4.69) is 0 Å². The number of hydrogen-bond donors (Lipinski definition) is 1.